The lowest BCUT2D eigenvalue weighted by Crippen LogP contribution is -2.65. The van der Waals surface area contributed by atoms with Gasteiger partial charge in [0.2, 0.25) is 17.7 Å². The Morgan fingerprint density at radius 2 is 1.74 bits per heavy atom. The summed E-state index contributed by atoms with van der Waals surface area (Å²) in [6, 6.07) is 23.2. The topological polar surface area (TPSA) is 186 Å². The molecule has 2 saturated heterocycles. The molecule has 16 nitrogen and oxygen atoms in total. The maximum atomic E-state index is 14.7. The number of carbonyl (C=O) groups excluding carboxylic acids is 3. The number of aromatic nitrogens is 3. The number of aliphatic carboxylic acids is 1. The van der Waals surface area contributed by atoms with E-state index in [2.05, 4.69) is 25.1 Å². The van der Waals surface area contributed by atoms with Crippen molar-refractivity contribution < 1.29 is 38.5 Å². The molecule has 2 aromatic heterocycles. The fraction of sp³-hybridized carbons (Fsp3) is 0.412. The van der Waals surface area contributed by atoms with Crippen LogP contribution in [-0.2, 0) is 56.9 Å². The van der Waals surface area contributed by atoms with Crippen LogP contribution in [0, 0.1) is 11.1 Å². The average molecular weight is 984 g/mol. The van der Waals surface area contributed by atoms with Crippen LogP contribution in [-0.4, -0.2) is 110 Å². The summed E-state index contributed by atoms with van der Waals surface area (Å²) in [6.45, 7) is 6.46. The number of nitrogens with zero attached hydrogens (tertiary/aromatic N) is 6. The van der Waals surface area contributed by atoms with Gasteiger partial charge in [0.05, 0.1) is 49.0 Å². The van der Waals surface area contributed by atoms with Gasteiger partial charge in [-0.2, -0.15) is 4.73 Å². The molecule has 18 heteroatoms. The summed E-state index contributed by atoms with van der Waals surface area (Å²) in [6.07, 6.45) is 3.89. The summed E-state index contributed by atoms with van der Waals surface area (Å²) < 4.78 is 15.2. The van der Waals surface area contributed by atoms with Gasteiger partial charge in [0.25, 0.3) is 0 Å². The van der Waals surface area contributed by atoms with Gasteiger partial charge in [-0.3, -0.25) is 24.1 Å². The quantitative estimate of drug-likeness (QED) is 0.0654. The highest BCUT2D eigenvalue weighted by molar-refractivity contribution is 6.31. The number of halogens is 2. The maximum Gasteiger partial charge on any atom is 0.304 e. The molecule has 0 radical (unpaired) electrons. The Bertz CT molecular complexity index is 2640. The molecule has 2 aliphatic rings. The number of carbonyl (C=O) groups is 4. The van der Waals surface area contributed by atoms with E-state index in [-0.39, 0.29) is 37.7 Å². The minimum absolute atomic E-state index is 0.0588. The molecule has 0 aliphatic carbocycles. The van der Waals surface area contributed by atoms with Gasteiger partial charge in [0.15, 0.2) is 11.9 Å². The van der Waals surface area contributed by atoms with Crippen molar-refractivity contribution in [2.24, 2.45) is 13.0 Å². The van der Waals surface area contributed by atoms with E-state index in [0.717, 1.165) is 28.2 Å². The Balaban J connectivity index is 1.06. The minimum Gasteiger partial charge on any atom is -0.619 e. The zero-order valence-corrected chi connectivity index (χ0v) is 41.3. The summed E-state index contributed by atoms with van der Waals surface area (Å²) in [4.78, 5) is 65.3. The lowest BCUT2D eigenvalue weighted by Gasteiger charge is -2.45. The lowest BCUT2D eigenvalue weighted by atomic mass is 9.82. The van der Waals surface area contributed by atoms with Crippen LogP contribution in [0.3, 0.4) is 0 Å². The third-order valence-corrected chi connectivity index (χ3v) is 13.3. The van der Waals surface area contributed by atoms with Crippen LogP contribution in [0.1, 0.15) is 62.7 Å². The summed E-state index contributed by atoms with van der Waals surface area (Å²) in [5.74, 6) is -1.40. The molecule has 2 unspecified atom stereocenters. The van der Waals surface area contributed by atoms with Crippen LogP contribution in [0.2, 0.25) is 10.0 Å². The van der Waals surface area contributed by atoms with Crippen molar-refractivity contribution >= 4 is 46.9 Å². The van der Waals surface area contributed by atoms with Gasteiger partial charge in [-0.25, -0.2) is 4.98 Å². The van der Waals surface area contributed by atoms with Gasteiger partial charge < -0.3 is 44.8 Å². The fourth-order valence-corrected chi connectivity index (χ4v) is 9.54. The number of amides is 3. The minimum atomic E-state index is -1.17. The first-order chi connectivity index (χ1) is 32.8. The Kier molecular flexibility index (Phi) is 16.0. The number of piperidine rings is 1. The average Bonchev–Trinajstić information content (AvgIpc) is 3.83. The molecule has 7 rings (SSSR count). The summed E-state index contributed by atoms with van der Waals surface area (Å²) in [7, 11) is 6.00. The Morgan fingerprint density at radius 3 is 2.43 bits per heavy atom. The van der Waals surface area contributed by atoms with E-state index >= 15 is 0 Å². The molecular weight excluding hydrogens is 924 g/mol. The first-order valence-electron chi connectivity index (χ1n) is 23.0. The number of ether oxygens (including phenoxy) is 2. The number of likely N-dealkylation sites (tertiary alicyclic amines) is 1. The first kappa shape index (κ1) is 50.8. The second-order valence-electron chi connectivity index (χ2n) is 18.8. The highest BCUT2D eigenvalue weighted by Gasteiger charge is 2.50. The van der Waals surface area contributed by atoms with E-state index < -0.39 is 53.5 Å². The van der Waals surface area contributed by atoms with E-state index in [9.17, 15) is 29.5 Å². The Hall–Kier alpha value is -6.04. The van der Waals surface area contributed by atoms with E-state index in [4.69, 9.17) is 32.7 Å². The van der Waals surface area contributed by atoms with Crippen molar-refractivity contribution in [2.45, 2.75) is 89.3 Å². The molecule has 4 heterocycles. The van der Waals surface area contributed by atoms with Crippen LogP contribution in [0.25, 0.3) is 11.3 Å². The van der Waals surface area contributed by atoms with Gasteiger partial charge in [0, 0.05) is 66.4 Å². The maximum absolute atomic E-state index is 14.7. The number of carboxylic acids is 1. The number of nitrogens with one attached hydrogen (secondary N) is 2. The molecule has 69 heavy (non-hydrogen) atoms. The van der Waals surface area contributed by atoms with Gasteiger partial charge in [-0.05, 0) is 108 Å². The Labute approximate surface area is 412 Å². The van der Waals surface area contributed by atoms with E-state index in [1.165, 1.54) is 11.1 Å². The molecule has 5 aromatic rings. The van der Waals surface area contributed by atoms with Crippen molar-refractivity contribution in [3.63, 3.8) is 0 Å². The van der Waals surface area contributed by atoms with Crippen molar-refractivity contribution in [1.82, 2.24) is 34.9 Å². The molecule has 3 N–H and O–H groups in total. The molecule has 0 spiro atoms. The highest BCUT2D eigenvalue weighted by Crippen LogP contribution is 2.34. The molecule has 0 saturated carbocycles. The summed E-state index contributed by atoms with van der Waals surface area (Å²) >= 11 is 12.7. The molecule has 3 amide bonds. The third kappa shape index (κ3) is 12.4. The van der Waals surface area contributed by atoms with Crippen LogP contribution < -0.4 is 20.1 Å². The fourth-order valence-electron chi connectivity index (χ4n) is 9.25. The van der Waals surface area contributed by atoms with Gasteiger partial charge in [-0.15, -0.1) is 0 Å². The first-order valence-corrected chi connectivity index (χ1v) is 23.7. The van der Waals surface area contributed by atoms with Crippen molar-refractivity contribution in [3.8, 4) is 22.8 Å². The van der Waals surface area contributed by atoms with E-state index in [0.29, 0.717) is 58.6 Å². The Morgan fingerprint density at radius 1 is 1.01 bits per heavy atom. The predicted molar refractivity (Wildman–Crippen MR) is 261 cm³/mol. The van der Waals surface area contributed by atoms with Gasteiger partial charge in [0.1, 0.15) is 29.1 Å². The molecule has 2 fully saturated rings. The zero-order chi connectivity index (χ0) is 49.6. The van der Waals surface area contributed by atoms with Crippen molar-refractivity contribution in [1.29, 1.82) is 0 Å². The third-order valence-electron chi connectivity index (χ3n) is 12.8. The van der Waals surface area contributed by atoms with Crippen molar-refractivity contribution in [2.75, 3.05) is 33.8 Å². The molecule has 0 bridgehead atoms. The molecule has 2 aliphatic heterocycles. The normalized spacial score (nSPS) is 18.8. The van der Waals surface area contributed by atoms with Gasteiger partial charge in [-0.1, -0.05) is 47.5 Å². The molecule has 366 valence electrons. The van der Waals surface area contributed by atoms with E-state index in [1.54, 1.807) is 68.1 Å². The SMILES string of the molecule is CC(NCc1ccc(Cl)cc1Oc1ccc(-c2cnc(CN(C)C)n2C)cc1)C(=O)N1[C@H](C(=O)N[C@@]2(Cc3ccc(Cl)cc3)CCCN(C(=O)C(CC(=O)O)Cc3cccc[n+]3[O-])C2)COC1(C)C. The highest BCUT2D eigenvalue weighted by atomic mass is 35.5. The van der Waals surface area contributed by atoms with Crippen molar-refractivity contribution in [3.05, 3.63) is 135 Å². The number of pyridine rings is 1. The number of hydrogen-bond donors (Lipinski definition) is 3. The standard InChI is InChI=1S/C51H60Cl2N8O8/c1-33(54-28-36-13-18-39(53)26-44(36)69-41-19-14-35(15-20-41)42-29-55-45(58(42)6)30-57(4)5)48(65)61-43(31-68-50(61,2)3)47(64)56-51(27-34-11-16-38(52)17-12-34)21-9-22-59(32-51)49(66)37(25-46(62)63)24-40-10-7-8-23-60(40)67/h7-8,10-20,23,26,29,33,37,43,54H,9,21-22,24-25,27-28,30-32H2,1-6H3,(H,56,64)(H,62,63)/t33?,37?,43-,51+/m0/s1. The molecule has 3 aromatic carbocycles. The monoisotopic (exact) mass is 982 g/mol. The number of carboxylic acid groups (broad SMARTS) is 1. The number of benzene rings is 3. The van der Waals surface area contributed by atoms with Gasteiger partial charge >= 0.3 is 5.97 Å². The lowest BCUT2D eigenvalue weighted by molar-refractivity contribution is -0.614. The van der Waals surface area contributed by atoms with Crippen LogP contribution >= 0.6 is 23.2 Å². The number of hydrogen-bond acceptors (Lipinski definition) is 10. The molecule has 4 atom stereocenters. The summed E-state index contributed by atoms with van der Waals surface area (Å²) in [5.41, 5.74) is 1.64. The molecular formula is C51H60Cl2N8O8. The number of rotatable bonds is 18. The van der Waals surface area contributed by atoms with Crippen LogP contribution in [0.5, 0.6) is 11.5 Å². The predicted octanol–water partition coefficient (Wildman–Crippen LogP) is 6.38. The number of imidazole rings is 1. The van der Waals surface area contributed by atoms with Crippen LogP contribution in [0.4, 0.5) is 0 Å². The largest absolute Gasteiger partial charge is 0.619 e. The zero-order valence-electron chi connectivity index (χ0n) is 39.8. The second kappa shape index (κ2) is 21.7. The summed E-state index contributed by atoms with van der Waals surface area (Å²) in [5, 5.41) is 30.0. The van der Waals surface area contributed by atoms with Crippen LogP contribution in [0.15, 0.2) is 97.3 Å². The van der Waals surface area contributed by atoms with E-state index in [1.807, 2.05) is 69.8 Å². The smallest absolute Gasteiger partial charge is 0.304 e. The second-order valence-corrected chi connectivity index (χ2v) is 19.6.